The second kappa shape index (κ2) is 6.13. The van der Waals surface area contributed by atoms with E-state index in [1.54, 1.807) is 11.3 Å². The van der Waals surface area contributed by atoms with E-state index in [2.05, 4.69) is 47.5 Å². The fraction of sp³-hybridized carbons (Fsp3) is 0.364. The number of aromatic nitrogens is 1. The fourth-order valence-electron chi connectivity index (χ4n) is 1.43. The van der Waals surface area contributed by atoms with Crippen molar-refractivity contribution in [1.82, 2.24) is 10.3 Å². The zero-order valence-corrected chi connectivity index (χ0v) is 13.3. The Balaban J connectivity index is 1.73. The first-order valence-corrected chi connectivity index (χ1v) is 7.67. The van der Waals surface area contributed by atoms with Gasteiger partial charge in [0.25, 0.3) is 0 Å². The Bertz CT molecular complexity index is 476. The number of nitrogens with one attached hydrogen (secondary N) is 1. The lowest BCUT2D eigenvalue weighted by Gasteiger charge is -2.00. The maximum atomic E-state index is 5.46. The van der Waals surface area contributed by atoms with Crippen LogP contribution in [0.25, 0.3) is 0 Å². The van der Waals surface area contributed by atoms with Gasteiger partial charge >= 0.3 is 0 Å². The first-order chi connectivity index (χ1) is 8.15. The van der Waals surface area contributed by atoms with Crippen molar-refractivity contribution in [3.8, 4) is 0 Å². The van der Waals surface area contributed by atoms with Crippen LogP contribution in [0.5, 0.6) is 0 Å². The molecule has 0 saturated carbocycles. The quantitative estimate of drug-likeness (QED) is 0.800. The predicted molar refractivity (Wildman–Crippen MR) is 76.4 cm³/mol. The highest BCUT2D eigenvalue weighted by Crippen LogP contribution is 2.26. The average Bonchev–Trinajstić information content (AvgIpc) is 2.82. The van der Waals surface area contributed by atoms with Gasteiger partial charge in [0.2, 0.25) is 0 Å². The van der Waals surface area contributed by atoms with Gasteiger partial charge < -0.3 is 9.73 Å². The zero-order chi connectivity index (χ0) is 12.3. The largest absolute Gasteiger partial charge is 0.452 e. The highest BCUT2D eigenvalue weighted by atomic mass is 79.9. The molecule has 6 heteroatoms. The van der Waals surface area contributed by atoms with Crippen molar-refractivity contribution in [2.75, 3.05) is 6.54 Å². The van der Waals surface area contributed by atoms with E-state index in [0.29, 0.717) is 0 Å². The smallest absolute Gasteiger partial charge is 0.183 e. The molecule has 0 atom stereocenters. The van der Waals surface area contributed by atoms with E-state index < -0.39 is 0 Å². The first-order valence-electron chi connectivity index (χ1n) is 5.20. The van der Waals surface area contributed by atoms with Crippen LogP contribution in [0.15, 0.2) is 25.0 Å². The van der Waals surface area contributed by atoms with Crippen molar-refractivity contribution in [1.29, 1.82) is 0 Å². The van der Waals surface area contributed by atoms with Gasteiger partial charge in [0.1, 0.15) is 5.76 Å². The predicted octanol–water partition coefficient (Wildman–Crippen LogP) is 3.90. The summed E-state index contributed by atoms with van der Waals surface area (Å²) in [7, 11) is 0. The number of hydrogen-bond acceptors (Lipinski definition) is 4. The summed E-state index contributed by atoms with van der Waals surface area (Å²) in [5.41, 5.74) is 1.15. The molecule has 0 aliphatic heterocycles. The third-order valence-corrected chi connectivity index (χ3v) is 4.75. The van der Waals surface area contributed by atoms with Gasteiger partial charge in [-0.3, -0.25) is 0 Å². The van der Waals surface area contributed by atoms with Crippen LogP contribution in [0.4, 0.5) is 0 Å². The number of furan rings is 1. The van der Waals surface area contributed by atoms with Crippen LogP contribution in [-0.4, -0.2) is 11.5 Å². The molecular formula is C11H12Br2N2OS. The lowest BCUT2D eigenvalue weighted by molar-refractivity contribution is 0.465. The number of rotatable bonds is 5. The van der Waals surface area contributed by atoms with Gasteiger partial charge in [-0.1, -0.05) is 0 Å². The molecule has 2 aromatic heterocycles. The zero-order valence-electron chi connectivity index (χ0n) is 9.30. The Kier molecular flexibility index (Phi) is 4.78. The Labute approximate surface area is 121 Å². The highest BCUT2D eigenvalue weighted by Gasteiger charge is 2.05. The van der Waals surface area contributed by atoms with Gasteiger partial charge in [0, 0.05) is 18.3 Å². The number of hydrogen-bond donors (Lipinski definition) is 1. The molecule has 0 unspecified atom stereocenters. The summed E-state index contributed by atoms with van der Waals surface area (Å²) >= 11 is 8.40. The highest BCUT2D eigenvalue weighted by molar-refractivity contribution is 9.13. The molecule has 92 valence electrons. The third-order valence-electron chi connectivity index (χ3n) is 2.22. The van der Waals surface area contributed by atoms with Crippen LogP contribution in [0.1, 0.15) is 16.5 Å². The number of nitrogens with zero attached hydrogens (tertiary/aromatic N) is 1. The lowest BCUT2D eigenvalue weighted by atomic mass is 10.3. The minimum Gasteiger partial charge on any atom is -0.452 e. The SMILES string of the molecule is Cc1nc(CCNCc2cc(Br)c(Br)o2)cs1. The van der Waals surface area contributed by atoms with E-state index >= 15 is 0 Å². The summed E-state index contributed by atoms with van der Waals surface area (Å²) in [6, 6.07) is 1.96. The molecule has 3 nitrogen and oxygen atoms in total. The molecule has 0 aliphatic rings. The molecule has 0 bridgehead atoms. The summed E-state index contributed by atoms with van der Waals surface area (Å²) in [5.74, 6) is 0.915. The summed E-state index contributed by atoms with van der Waals surface area (Å²) in [6.45, 7) is 3.66. The Morgan fingerprint density at radius 1 is 1.47 bits per heavy atom. The topological polar surface area (TPSA) is 38.1 Å². The van der Waals surface area contributed by atoms with Crippen molar-refractivity contribution in [2.45, 2.75) is 19.9 Å². The molecule has 0 aliphatic carbocycles. The van der Waals surface area contributed by atoms with E-state index in [0.717, 1.165) is 45.1 Å². The van der Waals surface area contributed by atoms with Gasteiger partial charge in [-0.15, -0.1) is 11.3 Å². The normalized spacial score (nSPS) is 11.0. The molecule has 0 spiro atoms. The second-order valence-corrected chi connectivity index (χ2v) is 6.26. The number of thiazole rings is 1. The van der Waals surface area contributed by atoms with Gasteiger partial charge in [0.05, 0.1) is 21.7 Å². The first kappa shape index (κ1) is 13.3. The molecule has 2 aromatic rings. The molecule has 0 aromatic carbocycles. The number of aryl methyl sites for hydroxylation is 1. The van der Waals surface area contributed by atoms with Crippen LogP contribution in [0.3, 0.4) is 0 Å². The van der Waals surface area contributed by atoms with E-state index in [-0.39, 0.29) is 0 Å². The van der Waals surface area contributed by atoms with Gasteiger partial charge in [-0.2, -0.15) is 0 Å². The van der Waals surface area contributed by atoms with E-state index in [1.165, 1.54) is 0 Å². The molecule has 0 radical (unpaired) electrons. The molecule has 2 heterocycles. The minimum absolute atomic E-state index is 0.729. The van der Waals surface area contributed by atoms with Gasteiger partial charge in [-0.05, 0) is 44.8 Å². The van der Waals surface area contributed by atoms with Crippen LogP contribution in [0.2, 0.25) is 0 Å². The molecular weight excluding hydrogens is 368 g/mol. The molecule has 0 fully saturated rings. The Morgan fingerprint density at radius 3 is 2.88 bits per heavy atom. The van der Waals surface area contributed by atoms with Crippen molar-refractivity contribution < 1.29 is 4.42 Å². The van der Waals surface area contributed by atoms with Crippen LogP contribution in [-0.2, 0) is 13.0 Å². The van der Waals surface area contributed by atoms with E-state index in [9.17, 15) is 0 Å². The molecule has 17 heavy (non-hydrogen) atoms. The molecule has 0 saturated heterocycles. The Hall–Kier alpha value is -0.170. The van der Waals surface area contributed by atoms with E-state index in [1.807, 2.05) is 13.0 Å². The lowest BCUT2D eigenvalue weighted by Crippen LogP contribution is -2.16. The third kappa shape index (κ3) is 3.91. The van der Waals surface area contributed by atoms with Crippen molar-refractivity contribution in [3.05, 3.63) is 37.1 Å². The van der Waals surface area contributed by atoms with Crippen molar-refractivity contribution in [3.63, 3.8) is 0 Å². The van der Waals surface area contributed by atoms with Crippen LogP contribution in [0, 0.1) is 6.92 Å². The molecule has 1 N–H and O–H groups in total. The maximum absolute atomic E-state index is 5.46. The van der Waals surface area contributed by atoms with Crippen LogP contribution < -0.4 is 5.32 Å². The summed E-state index contributed by atoms with van der Waals surface area (Å²) in [6.07, 6.45) is 0.952. The van der Waals surface area contributed by atoms with Crippen LogP contribution >= 0.6 is 43.2 Å². The van der Waals surface area contributed by atoms with Gasteiger partial charge in [0.15, 0.2) is 4.67 Å². The standard InChI is InChI=1S/C11H12Br2N2OS/c1-7-15-8(6-17-7)2-3-14-5-9-4-10(12)11(13)16-9/h4,6,14H,2-3,5H2,1H3. The van der Waals surface area contributed by atoms with Crippen molar-refractivity contribution >= 4 is 43.2 Å². The second-order valence-electron chi connectivity index (χ2n) is 3.62. The Morgan fingerprint density at radius 2 is 2.29 bits per heavy atom. The molecule has 0 amide bonds. The fourth-order valence-corrected chi connectivity index (χ4v) is 2.74. The summed E-state index contributed by atoms with van der Waals surface area (Å²) in [4.78, 5) is 4.41. The monoisotopic (exact) mass is 378 g/mol. The van der Waals surface area contributed by atoms with Gasteiger partial charge in [-0.25, -0.2) is 4.98 Å². The summed E-state index contributed by atoms with van der Waals surface area (Å²) in [5, 5.41) is 6.56. The molecule has 2 rings (SSSR count). The summed E-state index contributed by atoms with van der Waals surface area (Å²) < 4.78 is 7.15. The minimum atomic E-state index is 0.729. The average molecular weight is 380 g/mol. The van der Waals surface area contributed by atoms with E-state index in [4.69, 9.17) is 4.42 Å². The van der Waals surface area contributed by atoms with Crippen molar-refractivity contribution in [2.24, 2.45) is 0 Å². The maximum Gasteiger partial charge on any atom is 0.183 e. The number of halogens is 2.